The highest BCUT2D eigenvalue weighted by atomic mass is 16.4. The van der Waals surface area contributed by atoms with Gasteiger partial charge in [-0.1, -0.05) is 44.2 Å². The van der Waals surface area contributed by atoms with E-state index in [9.17, 15) is 33.9 Å². The highest BCUT2D eigenvalue weighted by molar-refractivity contribution is 5.94. The number of benzene rings is 1. The third-order valence-corrected chi connectivity index (χ3v) is 5.52. The number of carboxylic acids is 3. The van der Waals surface area contributed by atoms with E-state index >= 15 is 0 Å². The summed E-state index contributed by atoms with van der Waals surface area (Å²) in [5.41, 5.74) is 6.37. The second-order valence-electron chi connectivity index (χ2n) is 9.31. The van der Waals surface area contributed by atoms with Gasteiger partial charge in [0.2, 0.25) is 17.7 Å². The molecule has 0 bridgehead atoms. The molecule has 0 spiro atoms. The monoisotopic (exact) mass is 536 g/mol. The fourth-order valence-electron chi connectivity index (χ4n) is 3.52. The molecule has 4 atom stereocenters. The quantitative estimate of drug-likeness (QED) is 0.140. The largest absolute Gasteiger partial charge is 0.481 e. The number of hydrogen-bond donors (Lipinski definition) is 7. The van der Waals surface area contributed by atoms with Gasteiger partial charge in [-0.15, -0.1) is 0 Å². The summed E-state index contributed by atoms with van der Waals surface area (Å²) in [4.78, 5) is 72.2. The molecule has 13 nitrogen and oxygen atoms in total. The molecule has 0 aliphatic carbocycles. The molecule has 0 radical (unpaired) electrons. The van der Waals surface area contributed by atoms with E-state index in [1.807, 2.05) is 0 Å². The molecule has 1 aromatic rings. The van der Waals surface area contributed by atoms with Crippen LogP contribution in [0.25, 0.3) is 0 Å². The molecule has 0 aliphatic rings. The minimum atomic E-state index is -1.40. The Labute approximate surface area is 220 Å². The molecule has 8 N–H and O–H groups in total. The summed E-state index contributed by atoms with van der Waals surface area (Å²) in [5, 5.41) is 34.7. The molecule has 3 amide bonds. The average Bonchev–Trinajstić information content (AvgIpc) is 2.83. The van der Waals surface area contributed by atoms with Crippen molar-refractivity contribution in [3.8, 4) is 0 Å². The molecule has 0 aromatic heterocycles. The Morgan fingerprint density at radius 3 is 1.76 bits per heavy atom. The van der Waals surface area contributed by atoms with Crippen LogP contribution in [0.5, 0.6) is 0 Å². The normalized spacial score (nSPS) is 14.0. The van der Waals surface area contributed by atoms with E-state index in [1.54, 1.807) is 44.2 Å². The number of aliphatic carboxylic acids is 3. The first-order valence-electron chi connectivity index (χ1n) is 12.2. The second-order valence-corrected chi connectivity index (χ2v) is 9.31. The second kappa shape index (κ2) is 16.0. The van der Waals surface area contributed by atoms with Crippen molar-refractivity contribution in [2.75, 3.05) is 0 Å². The van der Waals surface area contributed by atoms with Crippen molar-refractivity contribution in [1.29, 1.82) is 0 Å². The lowest BCUT2D eigenvalue weighted by Gasteiger charge is -2.26. The van der Waals surface area contributed by atoms with Gasteiger partial charge >= 0.3 is 17.9 Å². The van der Waals surface area contributed by atoms with Crippen molar-refractivity contribution < 1.29 is 44.1 Å². The molecule has 0 saturated heterocycles. The zero-order chi connectivity index (χ0) is 28.8. The van der Waals surface area contributed by atoms with Crippen LogP contribution in [0, 0.1) is 5.92 Å². The van der Waals surface area contributed by atoms with E-state index in [4.69, 9.17) is 15.9 Å². The molecule has 0 aliphatic heterocycles. The van der Waals surface area contributed by atoms with Crippen LogP contribution < -0.4 is 21.7 Å². The van der Waals surface area contributed by atoms with Gasteiger partial charge in [-0.3, -0.25) is 24.0 Å². The van der Waals surface area contributed by atoms with Crippen molar-refractivity contribution in [3.63, 3.8) is 0 Å². The SMILES string of the molecule is CC(C)CC(NC(=O)C(N)CCC(=O)O)C(=O)NC(CCC(=O)O)C(=O)NC(Cc1ccccc1)C(=O)O. The molecule has 0 fully saturated rings. The maximum Gasteiger partial charge on any atom is 0.326 e. The van der Waals surface area contributed by atoms with E-state index < -0.39 is 66.2 Å². The van der Waals surface area contributed by atoms with Gasteiger partial charge in [0.15, 0.2) is 0 Å². The number of carbonyl (C=O) groups is 6. The third-order valence-electron chi connectivity index (χ3n) is 5.52. The van der Waals surface area contributed by atoms with Gasteiger partial charge in [0, 0.05) is 19.3 Å². The Morgan fingerprint density at radius 1 is 0.737 bits per heavy atom. The molecule has 1 aromatic carbocycles. The Hall–Kier alpha value is -4.00. The molecule has 13 heteroatoms. The lowest BCUT2D eigenvalue weighted by atomic mass is 10.0. The van der Waals surface area contributed by atoms with Gasteiger partial charge in [0.05, 0.1) is 6.04 Å². The number of nitrogens with one attached hydrogen (secondary N) is 3. The molecule has 0 heterocycles. The zero-order valence-corrected chi connectivity index (χ0v) is 21.4. The molecular weight excluding hydrogens is 500 g/mol. The minimum absolute atomic E-state index is 0.0399. The van der Waals surface area contributed by atoms with Crippen LogP contribution >= 0.6 is 0 Å². The lowest BCUT2D eigenvalue weighted by Crippen LogP contribution is -2.57. The topological polar surface area (TPSA) is 225 Å². The van der Waals surface area contributed by atoms with Crippen LogP contribution in [0.15, 0.2) is 30.3 Å². The molecule has 38 heavy (non-hydrogen) atoms. The fourth-order valence-corrected chi connectivity index (χ4v) is 3.52. The van der Waals surface area contributed by atoms with Crippen LogP contribution in [-0.2, 0) is 35.2 Å². The summed E-state index contributed by atoms with van der Waals surface area (Å²) in [5.74, 6) is -6.21. The van der Waals surface area contributed by atoms with Crippen molar-refractivity contribution >= 4 is 35.6 Å². The Bertz CT molecular complexity index is 984. The number of hydrogen-bond acceptors (Lipinski definition) is 7. The number of rotatable bonds is 17. The van der Waals surface area contributed by atoms with E-state index in [1.165, 1.54) is 0 Å². The summed E-state index contributed by atoms with van der Waals surface area (Å²) < 4.78 is 0. The van der Waals surface area contributed by atoms with Crippen molar-refractivity contribution in [1.82, 2.24) is 16.0 Å². The van der Waals surface area contributed by atoms with E-state index in [0.717, 1.165) is 0 Å². The number of carbonyl (C=O) groups excluding carboxylic acids is 3. The van der Waals surface area contributed by atoms with Crippen LogP contribution in [0.3, 0.4) is 0 Å². The summed E-state index contributed by atoms with van der Waals surface area (Å²) in [6.07, 6.45) is -1.22. The van der Waals surface area contributed by atoms with Crippen molar-refractivity contribution in [2.24, 2.45) is 11.7 Å². The maximum atomic E-state index is 13.1. The van der Waals surface area contributed by atoms with Gasteiger partial charge in [-0.25, -0.2) is 4.79 Å². The van der Waals surface area contributed by atoms with E-state index in [0.29, 0.717) is 5.56 Å². The van der Waals surface area contributed by atoms with E-state index in [-0.39, 0.29) is 38.0 Å². The smallest absolute Gasteiger partial charge is 0.326 e. The summed E-state index contributed by atoms with van der Waals surface area (Å²) >= 11 is 0. The molecule has 1 rings (SSSR count). The van der Waals surface area contributed by atoms with Gasteiger partial charge in [0.25, 0.3) is 0 Å². The first kappa shape index (κ1) is 32.0. The molecule has 4 unspecified atom stereocenters. The molecule has 210 valence electrons. The van der Waals surface area contributed by atoms with Crippen LogP contribution in [0.1, 0.15) is 51.5 Å². The summed E-state index contributed by atoms with van der Waals surface area (Å²) in [7, 11) is 0. The Balaban J connectivity index is 3.02. The van der Waals surface area contributed by atoms with Crippen LogP contribution in [0.4, 0.5) is 0 Å². The maximum absolute atomic E-state index is 13.1. The molecule has 0 saturated carbocycles. The van der Waals surface area contributed by atoms with E-state index in [2.05, 4.69) is 16.0 Å². The highest BCUT2D eigenvalue weighted by Gasteiger charge is 2.31. The predicted molar refractivity (Wildman–Crippen MR) is 135 cm³/mol. The standard InChI is InChI=1S/C25H36N4O9/c1-14(2)12-18(28-22(34)16(26)8-10-20(30)31)24(36)27-17(9-11-21(32)33)23(35)29-19(25(37)38)13-15-6-4-3-5-7-15/h3-7,14,16-19H,8-13,26H2,1-2H3,(H,27,36)(H,28,34)(H,29,35)(H,30,31)(H,32,33)(H,37,38). The fraction of sp³-hybridized carbons (Fsp3) is 0.520. The lowest BCUT2D eigenvalue weighted by molar-refractivity contribution is -0.143. The number of nitrogens with two attached hydrogens (primary N) is 1. The third kappa shape index (κ3) is 12.3. The van der Waals surface area contributed by atoms with Gasteiger partial charge in [0.1, 0.15) is 18.1 Å². The predicted octanol–water partition coefficient (Wildman–Crippen LogP) is -0.129. The number of amides is 3. The first-order chi connectivity index (χ1) is 17.8. The Morgan fingerprint density at radius 2 is 1.24 bits per heavy atom. The zero-order valence-electron chi connectivity index (χ0n) is 21.4. The number of carboxylic acid groups (broad SMARTS) is 3. The minimum Gasteiger partial charge on any atom is -0.481 e. The molecular formula is C25H36N4O9. The summed E-state index contributed by atoms with van der Waals surface area (Å²) in [6, 6.07) is 3.47. The van der Waals surface area contributed by atoms with Gasteiger partial charge in [-0.05, 0) is 30.7 Å². The van der Waals surface area contributed by atoms with Crippen LogP contribution in [0.2, 0.25) is 0 Å². The summed E-state index contributed by atoms with van der Waals surface area (Å²) in [6.45, 7) is 3.57. The van der Waals surface area contributed by atoms with Gasteiger partial charge in [-0.2, -0.15) is 0 Å². The first-order valence-corrected chi connectivity index (χ1v) is 12.2. The van der Waals surface area contributed by atoms with Crippen LogP contribution in [-0.4, -0.2) is 75.1 Å². The average molecular weight is 537 g/mol. The van der Waals surface area contributed by atoms with Gasteiger partial charge < -0.3 is 37.0 Å². The van der Waals surface area contributed by atoms with Crippen molar-refractivity contribution in [2.45, 2.75) is 76.5 Å². The highest BCUT2D eigenvalue weighted by Crippen LogP contribution is 2.09. The Kier molecular flexibility index (Phi) is 13.5. The van der Waals surface area contributed by atoms with Crippen molar-refractivity contribution in [3.05, 3.63) is 35.9 Å².